The van der Waals surface area contributed by atoms with Gasteiger partial charge in [-0.25, -0.2) is 9.78 Å². The zero-order chi connectivity index (χ0) is 14.7. The van der Waals surface area contributed by atoms with E-state index in [9.17, 15) is 14.7 Å². The number of phenols is 1. The van der Waals surface area contributed by atoms with Gasteiger partial charge >= 0.3 is 5.97 Å². The van der Waals surface area contributed by atoms with Crippen LogP contribution in [0, 0.1) is 6.92 Å². The Bertz CT molecular complexity index is 665. The molecule has 0 spiro atoms. The van der Waals surface area contributed by atoms with E-state index in [0.717, 1.165) is 6.20 Å². The summed E-state index contributed by atoms with van der Waals surface area (Å²) in [7, 11) is 0. The van der Waals surface area contributed by atoms with Crippen molar-refractivity contribution in [3.63, 3.8) is 0 Å². The lowest BCUT2D eigenvalue weighted by atomic mass is 10.1. The number of carboxylic acid groups (broad SMARTS) is 1. The Morgan fingerprint density at radius 3 is 2.40 bits per heavy atom. The molecule has 102 valence electrons. The lowest BCUT2D eigenvalue weighted by Crippen LogP contribution is -2.13. The molecule has 1 amide bonds. The zero-order valence-corrected chi connectivity index (χ0v) is 10.6. The Hall–Kier alpha value is -2.89. The van der Waals surface area contributed by atoms with E-state index in [1.54, 1.807) is 19.1 Å². The Morgan fingerprint density at radius 2 is 1.85 bits per heavy atom. The van der Waals surface area contributed by atoms with Crippen molar-refractivity contribution in [2.75, 3.05) is 5.32 Å². The maximum atomic E-state index is 11.9. The summed E-state index contributed by atoms with van der Waals surface area (Å²) in [5, 5.41) is 20.8. The van der Waals surface area contributed by atoms with Crippen LogP contribution in [0.2, 0.25) is 0 Å². The van der Waals surface area contributed by atoms with Crippen molar-refractivity contribution in [1.82, 2.24) is 4.98 Å². The van der Waals surface area contributed by atoms with Crippen LogP contribution in [0.3, 0.4) is 0 Å². The lowest BCUT2D eigenvalue weighted by molar-refractivity contribution is 0.0696. The Morgan fingerprint density at radius 1 is 1.15 bits per heavy atom. The van der Waals surface area contributed by atoms with Crippen molar-refractivity contribution in [2.24, 2.45) is 0 Å². The first-order valence-electron chi connectivity index (χ1n) is 5.77. The summed E-state index contributed by atoms with van der Waals surface area (Å²) in [4.78, 5) is 26.4. The topological polar surface area (TPSA) is 99.5 Å². The van der Waals surface area contributed by atoms with Crippen LogP contribution in [0.4, 0.5) is 5.82 Å². The standard InChI is InChI=1S/C14H12N2O4/c1-8-2-3-9(6-11(8)17)13(18)16-12-5-4-10(7-15-12)14(19)20/h2-7,17H,1H3,(H,19,20)(H,15,16,18). The van der Waals surface area contributed by atoms with E-state index >= 15 is 0 Å². The Labute approximate surface area is 114 Å². The van der Waals surface area contributed by atoms with Crippen LogP contribution >= 0.6 is 0 Å². The molecule has 1 aromatic heterocycles. The van der Waals surface area contributed by atoms with E-state index in [2.05, 4.69) is 10.3 Å². The number of hydrogen-bond donors (Lipinski definition) is 3. The number of carboxylic acids is 1. The molecule has 0 aliphatic carbocycles. The molecule has 0 atom stereocenters. The first-order chi connectivity index (χ1) is 9.47. The van der Waals surface area contributed by atoms with E-state index in [4.69, 9.17) is 5.11 Å². The molecule has 2 rings (SSSR count). The smallest absolute Gasteiger partial charge is 0.337 e. The fraction of sp³-hybridized carbons (Fsp3) is 0.0714. The quantitative estimate of drug-likeness (QED) is 0.794. The van der Waals surface area contributed by atoms with Gasteiger partial charge in [0.2, 0.25) is 0 Å². The summed E-state index contributed by atoms with van der Waals surface area (Å²) < 4.78 is 0. The molecule has 0 aliphatic rings. The molecule has 0 fully saturated rings. The summed E-state index contributed by atoms with van der Waals surface area (Å²) in [6, 6.07) is 7.31. The number of amides is 1. The van der Waals surface area contributed by atoms with Crippen molar-refractivity contribution in [3.8, 4) is 5.75 Å². The molecule has 1 aromatic carbocycles. The molecule has 0 aliphatic heterocycles. The second-order valence-corrected chi connectivity index (χ2v) is 4.19. The molecular weight excluding hydrogens is 260 g/mol. The van der Waals surface area contributed by atoms with Crippen molar-refractivity contribution >= 4 is 17.7 Å². The van der Waals surface area contributed by atoms with Gasteiger partial charge in [-0.3, -0.25) is 4.79 Å². The molecule has 6 nitrogen and oxygen atoms in total. The minimum atomic E-state index is -1.08. The number of aromatic nitrogens is 1. The van der Waals surface area contributed by atoms with Gasteiger partial charge in [0.25, 0.3) is 5.91 Å². The van der Waals surface area contributed by atoms with Crippen LogP contribution in [-0.4, -0.2) is 27.1 Å². The van der Waals surface area contributed by atoms with E-state index in [0.29, 0.717) is 5.56 Å². The van der Waals surface area contributed by atoms with Gasteiger partial charge < -0.3 is 15.5 Å². The Kier molecular flexibility index (Phi) is 3.65. The van der Waals surface area contributed by atoms with Gasteiger partial charge in [-0.1, -0.05) is 6.07 Å². The van der Waals surface area contributed by atoms with Gasteiger partial charge in [0, 0.05) is 11.8 Å². The number of nitrogens with zero attached hydrogens (tertiary/aromatic N) is 1. The van der Waals surface area contributed by atoms with Crippen LogP contribution in [-0.2, 0) is 0 Å². The van der Waals surface area contributed by atoms with Crippen LogP contribution in [0.1, 0.15) is 26.3 Å². The molecule has 20 heavy (non-hydrogen) atoms. The molecular formula is C14H12N2O4. The fourth-order valence-electron chi connectivity index (χ4n) is 1.53. The van der Waals surface area contributed by atoms with Gasteiger partial charge in [0.1, 0.15) is 11.6 Å². The molecule has 2 aromatic rings. The zero-order valence-electron chi connectivity index (χ0n) is 10.6. The van der Waals surface area contributed by atoms with Crippen molar-refractivity contribution in [2.45, 2.75) is 6.92 Å². The molecule has 0 bridgehead atoms. The number of carbonyl (C=O) groups is 2. The third-order valence-corrected chi connectivity index (χ3v) is 2.72. The summed E-state index contributed by atoms with van der Waals surface area (Å²) in [6.07, 6.45) is 1.16. The lowest BCUT2D eigenvalue weighted by Gasteiger charge is -2.06. The van der Waals surface area contributed by atoms with Crippen LogP contribution in [0.25, 0.3) is 0 Å². The predicted octanol–water partition coefficient (Wildman–Crippen LogP) is 2.05. The van der Waals surface area contributed by atoms with E-state index in [-0.39, 0.29) is 22.7 Å². The van der Waals surface area contributed by atoms with Crippen LogP contribution < -0.4 is 5.32 Å². The van der Waals surface area contributed by atoms with Crippen LogP contribution in [0.5, 0.6) is 5.75 Å². The summed E-state index contributed by atoms with van der Waals surface area (Å²) in [5.41, 5.74) is 0.999. The van der Waals surface area contributed by atoms with Gasteiger partial charge in [0.05, 0.1) is 5.56 Å². The molecule has 6 heteroatoms. The number of anilines is 1. The van der Waals surface area contributed by atoms with Crippen molar-refractivity contribution in [1.29, 1.82) is 0 Å². The Balaban J connectivity index is 2.14. The number of carbonyl (C=O) groups excluding carboxylic acids is 1. The number of aromatic carboxylic acids is 1. The van der Waals surface area contributed by atoms with Crippen LogP contribution in [0.15, 0.2) is 36.5 Å². The number of pyridine rings is 1. The molecule has 1 heterocycles. The SMILES string of the molecule is Cc1ccc(C(=O)Nc2ccc(C(=O)O)cn2)cc1O. The molecule has 3 N–H and O–H groups in total. The highest BCUT2D eigenvalue weighted by Gasteiger charge is 2.09. The number of hydrogen-bond acceptors (Lipinski definition) is 4. The second kappa shape index (κ2) is 5.40. The maximum Gasteiger partial charge on any atom is 0.337 e. The number of aryl methyl sites for hydroxylation is 1. The monoisotopic (exact) mass is 272 g/mol. The number of aromatic hydroxyl groups is 1. The highest BCUT2D eigenvalue weighted by molar-refractivity contribution is 6.04. The van der Waals surface area contributed by atoms with Gasteiger partial charge in [-0.2, -0.15) is 0 Å². The first kappa shape index (κ1) is 13.5. The third-order valence-electron chi connectivity index (χ3n) is 2.72. The maximum absolute atomic E-state index is 11.9. The normalized spacial score (nSPS) is 10.1. The highest BCUT2D eigenvalue weighted by atomic mass is 16.4. The summed E-state index contributed by atoms with van der Waals surface area (Å²) in [5.74, 6) is -1.25. The second-order valence-electron chi connectivity index (χ2n) is 4.19. The van der Waals surface area contributed by atoms with Crippen molar-refractivity contribution < 1.29 is 19.8 Å². The molecule has 0 radical (unpaired) electrons. The number of benzene rings is 1. The molecule has 0 unspecified atom stereocenters. The van der Waals surface area contributed by atoms with Gasteiger partial charge in [-0.05, 0) is 36.8 Å². The minimum absolute atomic E-state index is 0.0341. The minimum Gasteiger partial charge on any atom is -0.508 e. The molecule has 0 saturated heterocycles. The summed E-state index contributed by atoms with van der Waals surface area (Å²) in [6.45, 7) is 1.73. The number of rotatable bonds is 3. The van der Waals surface area contributed by atoms with Gasteiger partial charge in [-0.15, -0.1) is 0 Å². The van der Waals surface area contributed by atoms with Gasteiger partial charge in [0.15, 0.2) is 0 Å². The predicted molar refractivity (Wildman–Crippen MR) is 72.0 cm³/mol. The largest absolute Gasteiger partial charge is 0.508 e. The van der Waals surface area contributed by atoms with E-state index in [1.807, 2.05) is 0 Å². The summed E-state index contributed by atoms with van der Waals surface area (Å²) >= 11 is 0. The third kappa shape index (κ3) is 2.92. The van der Waals surface area contributed by atoms with E-state index in [1.165, 1.54) is 18.2 Å². The van der Waals surface area contributed by atoms with E-state index < -0.39 is 11.9 Å². The van der Waals surface area contributed by atoms with Crippen molar-refractivity contribution in [3.05, 3.63) is 53.2 Å². The molecule has 0 saturated carbocycles. The number of nitrogens with one attached hydrogen (secondary N) is 1. The number of phenolic OH excluding ortho intramolecular Hbond substituents is 1. The highest BCUT2D eigenvalue weighted by Crippen LogP contribution is 2.18. The average Bonchev–Trinajstić information content (AvgIpc) is 2.42. The fourth-order valence-corrected chi connectivity index (χ4v) is 1.53. The average molecular weight is 272 g/mol. The first-order valence-corrected chi connectivity index (χ1v) is 5.77.